The summed E-state index contributed by atoms with van der Waals surface area (Å²) in [7, 11) is 0. The first-order valence-corrected chi connectivity index (χ1v) is 11.5. The number of hydrazone groups is 1. The van der Waals surface area contributed by atoms with E-state index in [4.69, 9.17) is 10.5 Å². The quantitative estimate of drug-likeness (QED) is 0.492. The number of carbonyl (C=O) groups is 3. The lowest BCUT2D eigenvalue weighted by Gasteiger charge is -2.20. The molecule has 0 bridgehead atoms. The minimum absolute atomic E-state index is 0.0135. The molecule has 186 valence electrons. The number of hydrogen-bond acceptors (Lipinski definition) is 7. The Morgan fingerprint density at radius 2 is 1.64 bits per heavy atom. The highest BCUT2D eigenvalue weighted by Gasteiger charge is 2.35. The van der Waals surface area contributed by atoms with Gasteiger partial charge in [0.05, 0.1) is 17.1 Å². The molecule has 1 aliphatic rings. The number of nitrogens with two attached hydrogens (primary N) is 1. The summed E-state index contributed by atoms with van der Waals surface area (Å²) in [6.07, 6.45) is -0.0135. The lowest BCUT2D eigenvalue weighted by molar-refractivity contribution is -0.140. The molecular formula is C26H28N6O4. The minimum atomic E-state index is -0.820. The van der Waals surface area contributed by atoms with Crippen molar-refractivity contribution in [3.63, 3.8) is 0 Å². The van der Waals surface area contributed by atoms with Gasteiger partial charge in [-0.15, -0.1) is 0 Å². The molecule has 3 N–H and O–H groups in total. The molecule has 0 spiro atoms. The molecule has 1 atom stereocenters. The standard InChI is InChI=1S/C26H28N6O4/c1-26(2,3)21-15-22(32(30-21)18-12-8-5-9-13-18)28-23(33)16-36-25(35)19-14-20(24(27)34)31(29-19)17-10-6-4-7-11-17/h4-13,15,20H,14,16H2,1-3H3,(H2,27,34)(H,28,33)/t20-/m0/s1. The maximum atomic E-state index is 12.7. The van der Waals surface area contributed by atoms with Crippen LogP contribution in [0.15, 0.2) is 71.8 Å². The number of rotatable bonds is 7. The van der Waals surface area contributed by atoms with E-state index in [9.17, 15) is 14.4 Å². The zero-order chi connectivity index (χ0) is 25.9. The van der Waals surface area contributed by atoms with Crippen LogP contribution < -0.4 is 16.1 Å². The average molecular weight is 489 g/mol. The molecule has 2 heterocycles. The first-order chi connectivity index (χ1) is 17.1. The lowest BCUT2D eigenvalue weighted by atomic mass is 9.92. The van der Waals surface area contributed by atoms with Gasteiger partial charge in [0.25, 0.3) is 5.91 Å². The molecule has 0 radical (unpaired) electrons. The number of nitrogens with one attached hydrogen (secondary N) is 1. The second-order valence-electron chi connectivity index (χ2n) is 9.39. The van der Waals surface area contributed by atoms with Crippen LogP contribution in [0.25, 0.3) is 5.69 Å². The fourth-order valence-electron chi connectivity index (χ4n) is 3.67. The SMILES string of the molecule is CC(C)(C)c1cc(NC(=O)COC(=O)C2=NN(c3ccccc3)[C@H](C(N)=O)C2)n(-c2ccccc2)n1. The van der Waals surface area contributed by atoms with Gasteiger partial charge in [0.2, 0.25) is 5.91 Å². The van der Waals surface area contributed by atoms with Gasteiger partial charge in [-0.05, 0) is 24.3 Å². The summed E-state index contributed by atoms with van der Waals surface area (Å²) in [4.78, 5) is 37.2. The number of anilines is 2. The second-order valence-corrected chi connectivity index (χ2v) is 9.39. The Bertz CT molecular complexity index is 1290. The number of aromatic nitrogens is 2. The van der Waals surface area contributed by atoms with Crippen molar-refractivity contribution >= 4 is 35.0 Å². The number of primary amides is 1. The summed E-state index contributed by atoms with van der Waals surface area (Å²) < 4.78 is 6.84. The maximum absolute atomic E-state index is 12.7. The number of benzene rings is 2. The molecule has 0 saturated heterocycles. The van der Waals surface area contributed by atoms with Crippen LogP contribution >= 0.6 is 0 Å². The monoisotopic (exact) mass is 488 g/mol. The molecule has 10 nitrogen and oxygen atoms in total. The van der Waals surface area contributed by atoms with Gasteiger partial charge >= 0.3 is 5.97 Å². The summed E-state index contributed by atoms with van der Waals surface area (Å²) in [6, 6.07) is 19.3. The smallest absolute Gasteiger partial charge is 0.355 e. The molecule has 2 aromatic carbocycles. The molecule has 1 aromatic heterocycles. The topological polar surface area (TPSA) is 132 Å². The second kappa shape index (κ2) is 10.0. The third-order valence-corrected chi connectivity index (χ3v) is 5.58. The van der Waals surface area contributed by atoms with Crippen LogP contribution in [0.4, 0.5) is 11.5 Å². The molecule has 0 unspecified atom stereocenters. The number of esters is 1. The molecule has 3 aromatic rings. The summed E-state index contributed by atoms with van der Waals surface area (Å²) >= 11 is 0. The highest BCUT2D eigenvalue weighted by atomic mass is 16.5. The van der Waals surface area contributed by atoms with E-state index in [-0.39, 0.29) is 17.5 Å². The van der Waals surface area contributed by atoms with Crippen molar-refractivity contribution in [3.8, 4) is 5.69 Å². The van der Waals surface area contributed by atoms with E-state index in [1.54, 1.807) is 35.0 Å². The van der Waals surface area contributed by atoms with E-state index in [2.05, 4.69) is 15.5 Å². The number of ether oxygens (including phenoxy) is 1. The number of amides is 2. The number of carbonyl (C=O) groups excluding carboxylic acids is 3. The van der Waals surface area contributed by atoms with Gasteiger partial charge in [0.15, 0.2) is 6.61 Å². The summed E-state index contributed by atoms with van der Waals surface area (Å²) in [5.41, 5.74) is 7.47. The van der Waals surface area contributed by atoms with Crippen LogP contribution in [0.2, 0.25) is 0 Å². The Balaban J connectivity index is 1.45. The van der Waals surface area contributed by atoms with Gasteiger partial charge in [-0.1, -0.05) is 57.2 Å². The molecule has 10 heteroatoms. The van der Waals surface area contributed by atoms with Crippen molar-refractivity contribution in [2.24, 2.45) is 10.8 Å². The van der Waals surface area contributed by atoms with Gasteiger partial charge in [-0.3, -0.25) is 14.6 Å². The third-order valence-electron chi connectivity index (χ3n) is 5.58. The predicted molar refractivity (Wildman–Crippen MR) is 136 cm³/mol. The first-order valence-electron chi connectivity index (χ1n) is 11.5. The van der Waals surface area contributed by atoms with Crippen molar-refractivity contribution in [3.05, 3.63) is 72.4 Å². The number of para-hydroxylation sites is 2. The number of nitrogens with zero attached hydrogens (tertiary/aromatic N) is 4. The Labute approximate surface area is 208 Å². The van der Waals surface area contributed by atoms with E-state index < -0.39 is 30.4 Å². The maximum Gasteiger partial charge on any atom is 0.355 e. The van der Waals surface area contributed by atoms with Crippen molar-refractivity contribution < 1.29 is 19.1 Å². The van der Waals surface area contributed by atoms with E-state index >= 15 is 0 Å². The highest BCUT2D eigenvalue weighted by Crippen LogP contribution is 2.27. The normalized spacial score (nSPS) is 15.4. The van der Waals surface area contributed by atoms with Crippen molar-refractivity contribution in [1.29, 1.82) is 0 Å². The molecule has 2 amide bonds. The Morgan fingerprint density at radius 3 is 2.22 bits per heavy atom. The Hall–Kier alpha value is -4.47. The van der Waals surface area contributed by atoms with Crippen LogP contribution in [-0.4, -0.2) is 45.9 Å². The van der Waals surface area contributed by atoms with Crippen LogP contribution in [0.5, 0.6) is 0 Å². The summed E-state index contributed by atoms with van der Waals surface area (Å²) in [6.45, 7) is 5.55. The van der Waals surface area contributed by atoms with Crippen LogP contribution in [0.1, 0.15) is 32.9 Å². The van der Waals surface area contributed by atoms with Crippen molar-refractivity contribution in [1.82, 2.24) is 9.78 Å². The third kappa shape index (κ3) is 5.43. The molecule has 0 saturated carbocycles. The van der Waals surface area contributed by atoms with E-state index in [0.29, 0.717) is 11.5 Å². The van der Waals surface area contributed by atoms with E-state index in [1.807, 2.05) is 57.2 Å². The van der Waals surface area contributed by atoms with Gasteiger partial charge in [0, 0.05) is 17.9 Å². The summed E-state index contributed by atoms with van der Waals surface area (Å²) in [5, 5.41) is 13.0. The largest absolute Gasteiger partial charge is 0.451 e. The molecule has 0 aliphatic carbocycles. The fraction of sp³-hybridized carbons (Fsp3) is 0.269. The van der Waals surface area contributed by atoms with E-state index in [0.717, 1.165) is 11.4 Å². The zero-order valence-corrected chi connectivity index (χ0v) is 20.3. The molecular weight excluding hydrogens is 460 g/mol. The molecule has 0 fully saturated rings. The highest BCUT2D eigenvalue weighted by molar-refractivity contribution is 6.38. The Morgan fingerprint density at radius 1 is 1.03 bits per heavy atom. The van der Waals surface area contributed by atoms with Crippen LogP contribution in [0.3, 0.4) is 0 Å². The Kier molecular flexibility index (Phi) is 6.86. The minimum Gasteiger partial charge on any atom is -0.451 e. The first kappa shape index (κ1) is 24.6. The van der Waals surface area contributed by atoms with Crippen molar-refractivity contribution in [2.45, 2.75) is 38.6 Å². The average Bonchev–Trinajstić information content (AvgIpc) is 3.49. The summed E-state index contributed by atoms with van der Waals surface area (Å²) in [5.74, 6) is -1.49. The fourth-order valence-corrected chi connectivity index (χ4v) is 3.67. The molecule has 36 heavy (non-hydrogen) atoms. The van der Waals surface area contributed by atoms with Gasteiger partial charge in [-0.2, -0.15) is 10.2 Å². The van der Waals surface area contributed by atoms with Gasteiger partial charge in [-0.25, -0.2) is 9.48 Å². The predicted octanol–water partition coefficient (Wildman–Crippen LogP) is 2.77. The van der Waals surface area contributed by atoms with E-state index in [1.165, 1.54) is 5.01 Å². The number of hydrogen-bond donors (Lipinski definition) is 2. The van der Waals surface area contributed by atoms with Gasteiger partial charge < -0.3 is 15.8 Å². The zero-order valence-electron chi connectivity index (χ0n) is 20.3. The molecule has 1 aliphatic heterocycles. The van der Waals surface area contributed by atoms with Crippen molar-refractivity contribution in [2.75, 3.05) is 16.9 Å². The van der Waals surface area contributed by atoms with Crippen LogP contribution in [-0.2, 0) is 24.5 Å². The lowest BCUT2D eigenvalue weighted by Crippen LogP contribution is -2.39. The molecule has 4 rings (SSSR count). The van der Waals surface area contributed by atoms with Gasteiger partial charge in [0.1, 0.15) is 17.6 Å². The van der Waals surface area contributed by atoms with Crippen LogP contribution in [0, 0.1) is 0 Å².